The number of fused-ring (bicyclic) bond motifs is 1. The van der Waals surface area contributed by atoms with Gasteiger partial charge in [-0.3, -0.25) is 0 Å². The molecule has 4 nitrogen and oxygen atoms in total. The molecule has 1 aliphatic heterocycles. The van der Waals surface area contributed by atoms with Crippen LogP contribution in [0.4, 0.5) is 26.3 Å². The lowest BCUT2D eigenvalue weighted by Gasteiger charge is -2.33. The second-order valence-corrected chi connectivity index (χ2v) is 8.02. The van der Waals surface area contributed by atoms with Crippen LogP contribution >= 0.6 is 0 Å². The summed E-state index contributed by atoms with van der Waals surface area (Å²) in [5.74, 6) is -3.66. The Morgan fingerprint density at radius 1 is 1.08 bits per heavy atom. The van der Waals surface area contributed by atoms with Crippen molar-refractivity contribution in [3.63, 3.8) is 0 Å². The maximum absolute atomic E-state index is 13.9. The predicted molar refractivity (Wildman–Crippen MR) is 72.2 cm³/mol. The third-order valence-corrected chi connectivity index (χ3v) is 5.59. The lowest BCUT2D eigenvalue weighted by Crippen LogP contribution is -2.50. The van der Waals surface area contributed by atoms with Crippen LogP contribution in [-0.2, 0) is 27.4 Å². The minimum atomic E-state index is -5.79. The molecular formula is C14H12F6O4S. The van der Waals surface area contributed by atoms with Crippen molar-refractivity contribution in [1.29, 1.82) is 0 Å². The van der Waals surface area contributed by atoms with Crippen LogP contribution in [0.2, 0.25) is 0 Å². The van der Waals surface area contributed by atoms with E-state index >= 15 is 0 Å². The second-order valence-electron chi connectivity index (χ2n) is 6.11. The first kappa shape index (κ1) is 18.3. The molecule has 1 aromatic carbocycles. The zero-order valence-electron chi connectivity index (χ0n) is 12.5. The second kappa shape index (κ2) is 5.50. The van der Waals surface area contributed by atoms with E-state index in [0.29, 0.717) is 6.07 Å². The highest BCUT2D eigenvalue weighted by Crippen LogP contribution is 2.45. The highest BCUT2D eigenvalue weighted by Gasteiger charge is 2.51. The molecule has 0 unspecified atom stereocenters. The summed E-state index contributed by atoms with van der Waals surface area (Å²) in [6.45, 7) is -1.02. The number of sulfone groups is 1. The van der Waals surface area contributed by atoms with E-state index in [1.807, 2.05) is 0 Å². The Bertz CT molecular complexity index is 798. The van der Waals surface area contributed by atoms with Gasteiger partial charge in [-0.25, -0.2) is 21.6 Å². The van der Waals surface area contributed by atoms with Gasteiger partial charge in [0.25, 0.3) is 15.8 Å². The van der Waals surface area contributed by atoms with E-state index in [4.69, 9.17) is 4.74 Å². The number of hydrogen-bond acceptors (Lipinski definition) is 4. The minimum absolute atomic E-state index is 0.244. The Morgan fingerprint density at radius 2 is 1.68 bits per heavy atom. The number of halogens is 6. The van der Waals surface area contributed by atoms with Gasteiger partial charge >= 0.3 is 5.51 Å². The molecule has 25 heavy (non-hydrogen) atoms. The van der Waals surface area contributed by atoms with Crippen molar-refractivity contribution in [2.24, 2.45) is 0 Å². The van der Waals surface area contributed by atoms with E-state index in [2.05, 4.69) is 4.74 Å². The standard InChI is InChI=1S/C14H12F6O4S/c15-12(5-23-6-12)7-24-10-1-2-11(25(21,22)14(18,19)20)9-4-13(16,17)3-8(9)10/h1-2H,3-7H2. The quantitative estimate of drug-likeness (QED) is 0.742. The van der Waals surface area contributed by atoms with Crippen LogP contribution < -0.4 is 4.74 Å². The van der Waals surface area contributed by atoms with Gasteiger partial charge in [0.15, 0.2) is 5.67 Å². The molecule has 1 fully saturated rings. The first-order chi connectivity index (χ1) is 11.3. The maximum Gasteiger partial charge on any atom is 0.501 e. The molecular weight excluding hydrogens is 378 g/mol. The van der Waals surface area contributed by atoms with Gasteiger partial charge in [-0.15, -0.1) is 0 Å². The number of ether oxygens (including phenoxy) is 2. The average molecular weight is 390 g/mol. The van der Waals surface area contributed by atoms with Crippen molar-refractivity contribution in [3.8, 4) is 5.75 Å². The molecule has 2 aliphatic rings. The van der Waals surface area contributed by atoms with Crippen LogP contribution in [0.15, 0.2) is 17.0 Å². The molecule has 1 aliphatic carbocycles. The van der Waals surface area contributed by atoms with Crippen molar-refractivity contribution >= 4 is 9.84 Å². The summed E-state index contributed by atoms with van der Waals surface area (Å²) in [6.07, 6.45) is -2.14. The van der Waals surface area contributed by atoms with Gasteiger partial charge in [-0.1, -0.05) is 0 Å². The molecule has 0 N–H and O–H groups in total. The fraction of sp³-hybridized carbons (Fsp3) is 0.571. The Labute approximate surface area is 138 Å². The fourth-order valence-electron chi connectivity index (χ4n) is 2.74. The SMILES string of the molecule is O=S(=O)(c1ccc(OCC2(F)COC2)c2c1CC(F)(F)C2)C(F)(F)F. The Kier molecular flexibility index (Phi) is 4.03. The summed E-state index contributed by atoms with van der Waals surface area (Å²) in [7, 11) is -5.79. The summed E-state index contributed by atoms with van der Waals surface area (Å²) in [5.41, 5.74) is -8.41. The summed E-state index contributed by atoms with van der Waals surface area (Å²) in [4.78, 5) is -1.22. The van der Waals surface area contributed by atoms with Gasteiger partial charge in [0.05, 0.1) is 18.1 Å². The minimum Gasteiger partial charge on any atom is -0.490 e. The van der Waals surface area contributed by atoms with E-state index in [1.54, 1.807) is 0 Å². The van der Waals surface area contributed by atoms with Crippen LogP contribution in [0.3, 0.4) is 0 Å². The molecule has 0 atom stereocenters. The molecule has 0 bridgehead atoms. The molecule has 1 saturated heterocycles. The largest absolute Gasteiger partial charge is 0.501 e. The van der Waals surface area contributed by atoms with Crippen LogP contribution in [0, 0.1) is 0 Å². The van der Waals surface area contributed by atoms with Crippen molar-refractivity contribution < 1.29 is 44.2 Å². The highest BCUT2D eigenvalue weighted by atomic mass is 32.2. The van der Waals surface area contributed by atoms with Gasteiger partial charge in [-0.05, 0) is 17.7 Å². The summed E-state index contributed by atoms with van der Waals surface area (Å²) >= 11 is 0. The Morgan fingerprint density at radius 3 is 2.20 bits per heavy atom. The van der Waals surface area contributed by atoms with Gasteiger partial charge in [-0.2, -0.15) is 13.2 Å². The number of benzene rings is 1. The third kappa shape index (κ3) is 3.19. The van der Waals surface area contributed by atoms with Crippen LogP contribution in [0.1, 0.15) is 11.1 Å². The molecule has 1 aromatic rings. The summed E-state index contributed by atoms with van der Waals surface area (Å²) < 4.78 is 113. The molecule has 140 valence electrons. The van der Waals surface area contributed by atoms with Crippen molar-refractivity contribution in [2.75, 3.05) is 19.8 Å². The molecule has 0 radical (unpaired) electrons. The molecule has 1 heterocycles. The van der Waals surface area contributed by atoms with E-state index < -0.39 is 56.8 Å². The zero-order valence-corrected chi connectivity index (χ0v) is 13.3. The number of alkyl halides is 6. The van der Waals surface area contributed by atoms with E-state index in [0.717, 1.165) is 6.07 Å². The molecule has 3 rings (SSSR count). The average Bonchev–Trinajstić information content (AvgIpc) is 2.76. The third-order valence-electron chi connectivity index (χ3n) is 4.02. The predicted octanol–water partition coefficient (Wildman–Crippen LogP) is 2.83. The maximum atomic E-state index is 13.9. The summed E-state index contributed by atoms with van der Waals surface area (Å²) in [5, 5.41) is 0. The van der Waals surface area contributed by atoms with Crippen LogP contribution in [0.25, 0.3) is 0 Å². The van der Waals surface area contributed by atoms with Crippen molar-refractivity contribution in [2.45, 2.75) is 34.8 Å². The topological polar surface area (TPSA) is 52.6 Å². The molecule has 0 amide bonds. The lowest BCUT2D eigenvalue weighted by molar-refractivity contribution is -0.146. The number of rotatable bonds is 4. The molecule has 0 aromatic heterocycles. The van der Waals surface area contributed by atoms with Gasteiger partial charge in [0.2, 0.25) is 0 Å². The first-order valence-electron chi connectivity index (χ1n) is 7.08. The van der Waals surface area contributed by atoms with E-state index in [9.17, 15) is 34.8 Å². The lowest BCUT2D eigenvalue weighted by atomic mass is 10.1. The Balaban J connectivity index is 2.00. The van der Waals surface area contributed by atoms with Crippen LogP contribution in [-0.4, -0.2) is 45.3 Å². The van der Waals surface area contributed by atoms with Gasteiger partial charge in [0, 0.05) is 18.4 Å². The Hall–Kier alpha value is -1.49. The first-order valence-corrected chi connectivity index (χ1v) is 8.56. The van der Waals surface area contributed by atoms with E-state index in [1.165, 1.54) is 0 Å². The van der Waals surface area contributed by atoms with Crippen molar-refractivity contribution in [3.05, 3.63) is 23.3 Å². The summed E-state index contributed by atoms with van der Waals surface area (Å²) in [6, 6.07) is 1.42. The van der Waals surface area contributed by atoms with E-state index in [-0.39, 0.29) is 24.5 Å². The van der Waals surface area contributed by atoms with Crippen LogP contribution in [0.5, 0.6) is 5.75 Å². The smallest absolute Gasteiger partial charge is 0.490 e. The van der Waals surface area contributed by atoms with Gasteiger partial charge < -0.3 is 9.47 Å². The number of hydrogen-bond donors (Lipinski definition) is 0. The zero-order chi connectivity index (χ0) is 18.7. The van der Waals surface area contributed by atoms with Crippen molar-refractivity contribution in [1.82, 2.24) is 0 Å². The molecule has 11 heteroatoms. The van der Waals surface area contributed by atoms with Gasteiger partial charge in [0.1, 0.15) is 12.4 Å². The fourth-order valence-corrected chi connectivity index (χ4v) is 3.76. The molecule has 0 saturated carbocycles. The monoisotopic (exact) mass is 390 g/mol. The highest BCUT2D eigenvalue weighted by molar-refractivity contribution is 7.92. The molecule has 0 spiro atoms. The normalized spacial score (nSPS) is 21.5.